The molecule has 25 heavy (non-hydrogen) atoms. The van der Waals surface area contributed by atoms with Crippen LogP contribution in [0.25, 0.3) is 10.8 Å². The molecular formula is C19H22N2O4. The Bertz CT molecular complexity index is 782. The maximum atomic E-state index is 13.0. The fourth-order valence-corrected chi connectivity index (χ4v) is 3.18. The van der Waals surface area contributed by atoms with Gasteiger partial charge in [0.25, 0.3) is 5.91 Å². The smallest absolute Gasteiger partial charge is 0.338 e. The third kappa shape index (κ3) is 3.65. The predicted octanol–water partition coefficient (Wildman–Crippen LogP) is 1.38. The summed E-state index contributed by atoms with van der Waals surface area (Å²) in [4.78, 5) is 29.0. The lowest BCUT2D eigenvalue weighted by Crippen LogP contribution is -2.49. The molecule has 1 amide bonds. The molecule has 2 aromatic rings. The third-order valence-corrected chi connectivity index (χ3v) is 4.60. The predicted molar refractivity (Wildman–Crippen MR) is 94.7 cm³/mol. The molecule has 1 saturated heterocycles. The number of nitrogens with zero attached hydrogens (tertiary/aromatic N) is 2. The van der Waals surface area contributed by atoms with Gasteiger partial charge in [-0.2, -0.15) is 0 Å². The first-order chi connectivity index (χ1) is 12.1. The van der Waals surface area contributed by atoms with Crippen LogP contribution in [0.15, 0.2) is 36.4 Å². The number of methoxy groups -OCH3 is 1. The Morgan fingerprint density at radius 3 is 2.20 bits per heavy atom. The summed E-state index contributed by atoms with van der Waals surface area (Å²) in [5, 5.41) is 10.8. The van der Waals surface area contributed by atoms with Gasteiger partial charge in [-0.3, -0.25) is 9.69 Å². The lowest BCUT2D eigenvalue weighted by molar-refractivity contribution is 0.0566. The first kappa shape index (κ1) is 17.4. The van der Waals surface area contributed by atoms with Crippen LogP contribution >= 0.6 is 0 Å². The van der Waals surface area contributed by atoms with Crippen LogP contribution in [0, 0.1) is 0 Å². The molecule has 0 radical (unpaired) electrons. The first-order valence-electron chi connectivity index (χ1n) is 8.37. The normalized spacial score (nSPS) is 15.4. The molecule has 1 aliphatic rings. The van der Waals surface area contributed by atoms with E-state index in [1.165, 1.54) is 7.11 Å². The van der Waals surface area contributed by atoms with Crippen LogP contribution in [-0.4, -0.2) is 73.2 Å². The number of esters is 1. The number of aliphatic hydroxyl groups is 1. The Morgan fingerprint density at radius 2 is 1.64 bits per heavy atom. The zero-order valence-electron chi connectivity index (χ0n) is 14.3. The molecule has 1 N–H and O–H groups in total. The van der Waals surface area contributed by atoms with Gasteiger partial charge in [0.15, 0.2) is 0 Å². The number of amides is 1. The quantitative estimate of drug-likeness (QED) is 0.850. The number of carbonyl (C=O) groups is 2. The molecular weight excluding hydrogens is 320 g/mol. The van der Waals surface area contributed by atoms with E-state index in [9.17, 15) is 9.59 Å². The van der Waals surface area contributed by atoms with Crippen molar-refractivity contribution in [2.24, 2.45) is 0 Å². The molecule has 0 saturated carbocycles. The van der Waals surface area contributed by atoms with Gasteiger partial charge >= 0.3 is 5.97 Å². The minimum Gasteiger partial charge on any atom is -0.465 e. The number of β-amino-alcohol motifs (C(OH)–C–C–N with tert-alkyl or cyclic N) is 1. The molecule has 0 atom stereocenters. The van der Waals surface area contributed by atoms with Crippen molar-refractivity contribution in [2.75, 3.05) is 46.4 Å². The van der Waals surface area contributed by atoms with Crippen LogP contribution in [0.3, 0.4) is 0 Å². The van der Waals surface area contributed by atoms with Crippen molar-refractivity contribution in [2.45, 2.75) is 0 Å². The summed E-state index contributed by atoms with van der Waals surface area (Å²) in [6, 6.07) is 11.1. The molecule has 0 unspecified atom stereocenters. The fourth-order valence-electron chi connectivity index (χ4n) is 3.18. The third-order valence-electron chi connectivity index (χ3n) is 4.60. The van der Waals surface area contributed by atoms with Gasteiger partial charge in [-0.25, -0.2) is 4.79 Å². The molecule has 1 heterocycles. The van der Waals surface area contributed by atoms with E-state index in [-0.39, 0.29) is 12.5 Å². The van der Waals surface area contributed by atoms with E-state index in [1.54, 1.807) is 17.0 Å². The van der Waals surface area contributed by atoms with E-state index in [2.05, 4.69) is 4.90 Å². The SMILES string of the molecule is COC(=O)c1cc2ccccc2cc1C(=O)N1CCN(CCO)CC1. The van der Waals surface area contributed by atoms with Gasteiger partial charge in [0.1, 0.15) is 0 Å². The molecule has 1 fully saturated rings. The monoisotopic (exact) mass is 342 g/mol. The van der Waals surface area contributed by atoms with Gasteiger partial charge in [0.2, 0.25) is 0 Å². The van der Waals surface area contributed by atoms with E-state index >= 15 is 0 Å². The molecule has 0 spiro atoms. The highest BCUT2D eigenvalue weighted by atomic mass is 16.5. The Hall–Kier alpha value is -2.44. The van der Waals surface area contributed by atoms with E-state index < -0.39 is 5.97 Å². The number of hydrogen-bond acceptors (Lipinski definition) is 5. The van der Waals surface area contributed by atoms with Crippen molar-refractivity contribution in [3.8, 4) is 0 Å². The van der Waals surface area contributed by atoms with Crippen LogP contribution in [0.4, 0.5) is 0 Å². The molecule has 1 aliphatic heterocycles. The van der Waals surface area contributed by atoms with Crippen molar-refractivity contribution in [1.82, 2.24) is 9.80 Å². The largest absolute Gasteiger partial charge is 0.465 e. The van der Waals surface area contributed by atoms with E-state index in [1.807, 2.05) is 24.3 Å². The van der Waals surface area contributed by atoms with E-state index in [4.69, 9.17) is 9.84 Å². The Morgan fingerprint density at radius 1 is 1.04 bits per heavy atom. The molecule has 0 aliphatic carbocycles. The fraction of sp³-hybridized carbons (Fsp3) is 0.368. The summed E-state index contributed by atoms with van der Waals surface area (Å²) in [6.45, 7) is 3.32. The molecule has 6 heteroatoms. The molecule has 0 aromatic heterocycles. The van der Waals surface area contributed by atoms with Crippen molar-refractivity contribution in [3.63, 3.8) is 0 Å². The summed E-state index contributed by atoms with van der Waals surface area (Å²) in [5.41, 5.74) is 0.671. The van der Waals surface area contributed by atoms with Gasteiger partial charge in [0.05, 0.1) is 24.8 Å². The van der Waals surface area contributed by atoms with E-state index in [0.29, 0.717) is 43.9 Å². The summed E-state index contributed by atoms with van der Waals surface area (Å²) < 4.78 is 4.87. The molecule has 3 rings (SSSR count). The van der Waals surface area contributed by atoms with E-state index in [0.717, 1.165) is 10.8 Å². The highest BCUT2D eigenvalue weighted by Gasteiger charge is 2.26. The average molecular weight is 342 g/mol. The molecule has 2 aromatic carbocycles. The van der Waals surface area contributed by atoms with Gasteiger partial charge in [-0.15, -0.1) is 0 Å². The van der Waals surface area contributed by atoms with Crippen molar-refractivity contribution >= 4 is 22.6 Å². The summed E-state index contributed by atoms with van der Waals surface area (Å²) in [6.07, 6.45) is 0. The highest BCUT2D eigenvalue weighted by molar-refractivity contribution is 6.09. The second-order valence-corrected chi connectivity index (χ2v) is 6.09. The minimum absolute atomic E-state index is 0.116. The van der Waals surface area contributed by atoms with Crippen LogP contribution < -0.4 is 0 Å². The maximum Gasteiger partial charge on any atom is 0.338 e. The summed E-state index contributed by atoms with van der Waals surface area (Å²) in [7, 11) is 1.32. The lowest BCUT2D eigenvalue weighted by atomic mass is 9.99. The molecule has 132 valence electrons. The topological polar surface area (TPSA) is 70.1 Å². The van der Waals surface area contributed by atoms with Crippen molar-refractivity contribution in [3.05, 3.63) is 47.5 Å². The van der Waals surface area contributed by atoms with Gasteiger partial charge in [0, 0.05) is 32.7 Å². The second kappa shape index (κ2) is 7.63. The van der Waals surface area contributed by atoms with Crippen molar-refractivity contribution in [1.29, 1.82) is 0 Å². The van der Waals surface area contributed by atoms with Gasteiger partial charge < -0.3 is 14.7 Å². The van der Waals surface area contributed by atoms with Crippen LogP contribution in [-0.2, 0) is 4.74 Å². The maximum absolute atomic E-state index is 13.0. The number of aliphatic hydroxyl groups excluding tert-OH is 1. The van der Waals surface area contributed by atoms with Gasteiger partial charge in [-0.05, 0) is 22.9 Å². The average Bonchev–Trinajstić information content (AvgIpc) is 2.66. The van der Waals surface area contributed by atoms with Crippen molar-refractivity contribution < 1.29 is 19.4 Å². The van der Waals surface area contributed by atoms with Crippen LogP contribution in [0.1, 0.15) is 20.7 Å². The number of hydrogen-bond donors (Lipinski definition) is 1. The van der Waals surface area contributed by atoms with Crippen LogP contribution in [0.2, 0.25) is 0 Å². The first-order valence-corrected chi connectivity index (χ1v) is 8.37. The Balaban J connectivity index is 1.91. The highest BCUT2D eigenvalue weighted by Crippen LogP contribution is 2.23. The summed E-state index contributed by atoms with van der Waals surface area (Å²) in [5.74, 6) is -0.664. The molecule has 6 nitrogen and oxygen atoms in total. The number of fused-ring (bicyclic) bond motifs is 1. The number of rotatable bonds is 4. The number of piperazine rings is 1. The van der Waals surface area contributed by atoms with Crippen LogP contribution in [0.5, 0.6) is 0 Å². The number of benzene rings is 2. The zero-order valence-corrected chi connectivity index (χ0v) is 14.3. The lowest BCUT2D eigenvalue weighted by Gasteiger charge is -2.34. The summed E-state index contributed by atoms with van der Waals surface area (Å²) >= 11 is 0. The minimum atomic E-state index is -0.506. The number of ether oxygens (including phenoxy) is 1. The Kier molecular flexibility index (Phi) is 5.31. The Labute approximate surface area is 146 Å². The van der Waals surface area contributed by atoms with Gasteiger partial charge in [-0.1, -0.05) is 24.3 Å². The standard InChI is InChI=1S/C19H22N2O4/c1-25-19(24)17-13-15-5-3-2-4-14(15)12-16(17)18(23)21-8-6-20(7-9-21)10-11-22/h2-5,12-13,22H,6-11H2,1H3. The zero-order chi connectivity index (χ0) is 17.8. The second-order valence-electron chi connectivity index (χ2n) is 6.09. The molecule has 0 bridgehead atoms. The number of carbonyl (C=O) groups excluding carboxylic acids is 2.